The van der Waals surface area contributed by atoms with Crippen molar-refractivity contribution in [3.8, 4) is 11.5 Å². The molecular formula is C39H41NO2. The van der Waals surface area contributed by atoms with Crippen LogP contribution in [0, 0.1) is 0 Å². The fourth-order valence-corrected chi connectivity index (χ4v) is 7.21. The zero-order valence-corrected chi connectivity index (χ0v) is 25.8. The number of methoxy groups -OCH3 is 1. The number of ether oxygens (including phenoxy) is 2. The Bertz CT molecular complexity index is 1960. The Morgan fingerprint density at radius 3 is 1.88 bits per heavy atom. The molecule has 5 aromatic rings. The van der Waals surface area contributed by atoms with Gasteiger partial charge in [-0.1, -0.05) is 77.3 Å². The highest BCUT2D eigenvalue weighted by molar-refractivity contribution is 6.38. The maximum Gasteiger partial charge on any atom is 0.128 e. The van der Waals surface area contributed by atoms with Gasteiger partial charge in [-0.15, -0.1) is 0 Å². The summed E-state index contributed by atoms with van der Waals surface area (Å²) >= 11 is 0. The summed E-state index contributed by atoms with van der Waals surface area (Å²) in [6, 6.07) is 13.4. The standard InChI is InChI=1S/C39H41NO2/c1-10-14-22(5)26-16-18-29-37-33(42-13-4)21-31-25(8)40(12-3)24(7)27-17-19-28(39(37)35(27)31)36-32(41-9)20-30(23(6)15-11-2)34(26)38(29)36/h16-21H,5-8,10-15H2,1-4,9H3. The molecule has 0 bridgehead atoms. The molecule has 0 amide bonds. The van der Waals surface area contributed by atoms with Crippen LogP contribution in [0.15, 0.2) is 62.7 Å². The minimum atomic E-state index is 0.571. The molecule has 0 radical (unpaired) electrons. The number of nitrogens with zero attached hydrogens (tertiary/aromatic N) is 1. The zero-order chi connectivity index (χ0) is 29.9. The van der Waals surface area contributed by atoms with Crippen LogP contribution in [-0.4, -0.2) is 25.2 Å². The van der Waals surface area contributed by atoms with Gasteiger partial charge in [0.15, 0.2) is 0 Å². The summed E-state index contributed by atoms with van der Waals surface area (Å²) in [6.45, 7) is 28.1. The summed E-state index contributed by atoms with van der Waals surface area (Å²) in [6.07, 6.45) is 3.93. The molecule has 0 spiro atoms. The van der Waals surface area contributed by atoms with Crippen molar-refractivity contribution in [2.24, 2.45) is 0 Å². The van der Waals surface area contributed by atoms with Gasteiger partial charge in [0, 0.05) is 56.0 Å². The fraction of sp³-hybridized carbons (Fsp3) is 0.282. The quantitative estimate of drug-likeness (QED) is 0.126. The minimum absolute atomic E-state index is 0.571. The normalized spacial score (nSPS) is 13.2. The van der Waals surface area contributed by atoms with Gasteiger partial charge in [0.05, 0.1) is 13.7 Å². The van der Waals surface area contributed by atoms with Gasteiger partial charge in [-0.05, 0) is 77.3 Å². The average molecular weight is 556 g/mol. The van der Waals surface area contributed by atoms with E-state index in [1.807, 2.05) is 0 Å². The summed E-state index contributed by atoms with van der Waals surface area (Å²) in [4.78, 5) is 2.20. The average Bonchev–Trinajstić information content (AvgIpc) is 2.99. The highest BCUT2D eigenvalue weighted by atomic mass is 16.5. The number of hydrogen-bond acceptors (Lipinski definition) is 3. The van der Waals surface area contributed by atoms with E-state index in [0.717, 1.165) is 105 Å². The Labute approximate surface area is 249 Å². The van der Waals surface area contributed by atoms with Crippen molar-refractivity contribution in [2.45, 2.75) is 53.4 Å². The third-order valence-corrected chi connectivity index (χ3v) is 9.01. The van der Waals surface area contributed by atoms with Gasteiger partial charge in [0.2, 0.25) is 0 Å². The van der Waals surface area contributed by atoms with Crippen LogP contribution < -0.4 is 9.47 Å². The second kappa shape index (κ2) is 10.5. The number of allylic oxidation sites excluding steroid dienone is 2. The Hall–Kier alpha value is -4.24. The molecule has 42 heavy (non-hydrogen) atoms. The summed E-state index contributed by atoms with van der Waals surface area (Å²) in [5, 5.41) is 9.33. The molecule has 0 aromatic heterocycles. The van der Waals surface area contributed by atoms with Gasteiger partial charge in [0.1, 0.15) is 11.5 Å². The molecule has 0 saturated heterocycles. The molecule has 1 heterocycles. The first-order valence-electron chi connectivity index (χ1n) is 15.3. The molecule has 6 rings (SSSR count). The molecule has 214 valence electrons. The molecular weight excluding hydrogens is 514 g/mol. The maximum absolute atomic E-state index is 6.46. The van der Waals surface area contributed by atoms with Gasteiger partial charge in [-0.3, -0.25) is 0 Å². The van der Waals surface area contributed by atoms with Crippen molar-refractivity contribution in [3.05, 3.63) is 85.0 Å². The first-order valence-corrected chi connectivity index (χ1v) is 15.3. The first-order chi connectivity index (χ1) is 20.3. The largest absolute Gasteiger partial charge is 0.496 e. The van der Waals surface area contributed by atoms with E-state index in [2.05, 4.69) is 95.3 Å². The van der Waals surface area contributed by atoms with Crippen molar-refractivity contribution in [1.82, 2.24) is 4.90 Å². The molecule has 1 aliphatic rings. The molecule has 0 unspecified atom stereocenters. The monoisotopic (exact) mass is 555 g/mol. The van der Waals surface area contributed by atoms with E-state index in [0.29, 0.717) is 6.61 Å². The highest BCUT2D eigenvalue weighted by Crippen LogP contribution is 2.54. The zero-order valence-electron chi connectivity index (χ0n) is 25.8. The molecule has 3 nitrogen and oxygen atoms in total. The summed E-state index contributed by atoms with van der Waals surface area (Å²) in [7, 11) is 1.78. The second-order valence-corrected chi connectivity index (χ2v) is 11.4. The Morgan fingerprint density at radius 1 is 0.667 bits per heavy atom. The molecule has 0 fully saturated rings. The van der Waals surface area contributed by atoms with E-state index in [4.69, 9.17) is 9.47 Å². The molecule has 0 saturated carbocycles. The third kappa shape index (κ3) is 3.79. The maximum atomic E-state index is 6.46. The van der Waals surface area contributed by atoms with Gasteiger partial charge < -0.3 is 14.4 Å². The highest BCUT2D eigenvalue weighted by Gasteiger charge is 2.30. The van der Waals surface area contributed by atoms with E-state index < -0.39 is 0 Å². The lowest BCUT2D eigenvalue weighted by molar-refractivity contribution is 0.344. The van der Waals surface area contributed by atoms with E-state index in [1.165, 1.54) is 27.1 Å². The summed E-state index contributed by atoms with van der Waals surface area (Å²) in [5.74, 6) is 1.74. The number of hydrogen-bond donors (Lipinski definition) is 0. The SMILES string of the molecule is C=C(CCC)c1ccc2c3c(OCC)cc4c5c(ccc(c6c(OC)cc(C(=C)CCC)c1c26)c53)C(=C)N(CC)C4=C. The number of fused-ring (bicyclic) bond motifs is 2. The first kappa shape index (κ1) is 27.9. The Morgan fingerprint density at radius 2 is 1.26 bits per heavy atom. The molecule has 0 atom stereocenters. The van der Waals surface area contributed by atoms with Crippen LogP contribution in [0.3, 0.4) is 0 Å². The number of rotatable bonds is 10. The predicted molar refractivity (Wildman–Crippen MR) is 184 cm³/mol. The third-order valence-electron chi connectivity index (χ3n) is 9.01. The van der Waals surface area contributed by atoms with E-state index in [-0.39, 0.29) is 0 Å². The van der Waals surface area contributed by atoms with E-state index in [9.17, 15) is 0 Å². The summed E-state index contributed by atoms with van der Waals surface area (Å²) in [5.41, 5.74) is 8.80. The van der Waals surface area contributed by atoms with Crippen molar-refractivity contribution in [2.75, 3.05) is 20.3 Å². The molecule has 5 aromatic carbocycles. The molecule has 0 aliphatic carbocycles. The predicted octanol–water partition coefficient (Wildman–Crippen LogP) is 11.0. The van der Waals surface area contributed by atoms with Crippen molar-refractivity contribution in [1.29, 1.82) is 0 Å². The van der Waals surface area contributed by atoms with Gasteiger partial charge in [-0.2, -0.15) is 0 Å². The minimum Gasteiger partial charge on any atom is -0.496 e. The Kier molecular flexibility index (Phi) is 7.01. The van der Waals surface area contributed by atoms with Crippen LogP contribution in [0.4, 0.5) is 0 Å². The molecule has 1 aliphatic heterocycles. The van der Waals surface area contributed by atoms with Gasteiger partial charge in [-0.25, -0.2) is 0 Å². The van der Waals surface area contributed by atoms with Gasteiger partial charge >= 0.3 is 0 Å². The van der Waals surface area contributed by atoms with E-state index in [1.54, 1.807) is 7.11 Å². The molecule has 3 heteroatoms. The lowest BCUT2D eigenvalue weighted by Crippen LogP contribution is -2.23. The van der Waals surface area contributed by atoms with E-state index >= 15 is 0 Å². The van der Waals surface area contributed by atoms with Gasteiger partial charge in [0.25, 0.3) is 0 Å². The van der Waals surface area contributed by atoms with Crippen molar-refractivity contribution < 1.29 is 9.47 Å². The van der Waals surface area contributed by atoms with Crippen molar-refractivity contribution in [3.63, 3.8) is 0 Å². The Balaban J connectivity index is 1.92. The fourth-order valence-electron chi connectivity index (χ4n) is 7.21. The molecule has 0 N–H and O–H groups in total. The van der Waals surface area contributed by atoms with Crippen molar-refractivity contribution >= 4 is 65.6 Å². The van der Waals surface area contributed by atoms with Crippen LogP contribution in [0.25, 0.3) is 65.6 Å². The van der Waals surface area contributed by atoms with Crippen LogP contribution in [0.1, 0.15) is 75.6 Å². The topological polar surface area (TPSA) is 21.7 Å². The van der Waals surface area contributed by atoms with Crippen LogP contribution in [0.5, 0.6) is 11.5 Å². The lowest BCUT2D eigenvalue weighted by Gasteiger charge is -2.35. The number of benzene rings is 5. The van der Waals surface area contributed by atoms with Crippen LogP contribution in [-0.2, 0) is 0 Å². The van der Waals surface area contributed by atoms with Crippen LogP contribution >= 0.6 is 0 Å². The lowest BCUT2D eigenvalue weighted by atomic mass is 9.80. The second-order valence-electron chi connectivity index (χ2n) is 11.4. The summed E-state index contributed by atoms with van der Waals surface area (Å²) < 4.78 is 12.7. The smallest absolute Gasteiger partial charge is 0.128 e. The van der Waals surface area contributed by atoms with Crippen LogP contribution in [0.2, 0.25) is 0 Å².